The molecule has 0 heterocycles. The molecule has 0 rings (SSSR count). The molecule has 18 heavy (non-hydrogen) atoms. The SMILES string of the molecule is COCC(C)(C)[C@H](NC(=O)OC(C)(C)C)C(=O)O. The number of nitrogens with one attached hydrogen (secondary N) is 1. The van der Waals surface area contributed by atoms with Gasteiger partial charge in [-0.05, 0) is 20.8 Å². The molecule has 6 nitrogen and oxygen atoms in total. The molecule has 0 bridgehead atoms. The molecule has 6 heteroatoms. The van der Waals surface area contributed by atoms with Crippen molar-refractivity contribution in [3.05, 3.63) is 0 Å². The molecule has 0 spiro atoms. The number of carbonyl (C=O) groups excluding carboxylic acids is 1. The molecule has 0 radical (unpaired) electrons. The maximum Gasteiger partial charge on any atom is 0.408 e. The summed E-state index contributed by atoms with van der Waals surface area (Å²) < 4.78 is 10.0. The van der Waals surface area contributed by atoms with Gasteiger partial charge in [0.05, 0.1) is 6.61 Å². The fraction of sp³-hybridized carbons (Fsp3) is 0.833. The maximum absolute atomic E-state index is 11.6. The maximum atomic E-state index is 11.6. The quantitative estimate of drug-likeness (QED) is 0.785. The van der Waals surface area contributed by atoms with E-state index in [0.717, 1.165) is 0 Å². The van der Waals surface area contributed by atoms with E-state index in [1.807, 2.05) is 0 Å². The number of amides is 1. The van der Waals surface area contributed by atoms with Gasteiger partial charge in [0.2, 0.25) is 0 Å². The minimum atomic E-state index is -1.12. The first-order chi connectivity index (χ1) is 7.99. The zero-order valence-electron chi connectivity index (χ0n) is 11.9. The van der Waals surface area contributed by atoms with Gasteiger partial charge < -0.3 is 19.9 Å². The van der Waals surface area contributed by atoms with Crippen LogP contribution >= 0.6 is 0 Å². The van der Waals surface area contributed by atoms with Crippen LogP contribution in [0, 0.1) is 5.41 Å². The Hall–Kier alpha value is -1.30. The fourth-order valence-corrected chi connectivity index (χ4v) is 1.47. The summed E-state index contributed by atoms with van der Waals surface area (Å²) in [4.78, 5) is 22.8. The molecule has 0 saturated heterocycles. The number of aliphatic carboxylic acids is 1. The van der Waals surface area contributed by atoms with Crippen LogP contribution in [0.4, 0.5) is 4.79 Å². The highest BCUT2D eigenvalue weighted by molar-refractivity contribution is 5.80. The monoisotopic (exact) mass is 261 g/mol. The van der Waals surface area contributed by atoms with Crippen molar-refractivity contribution in [1.29, 1.82) is 0 Å². The van der Waals surface area contributed by atoms with Crippen LogP contribution in [0.1, 0.15) is 34.6 Å². The topological polar surface area (TPSA) is 84.9 Å². The molecule has 0 unspecified atom stereocenters. The highest BCUT2D eigenvalue weighted by atomic mass is 16.6. The van der Waals surface area contributed by atoms with Gasteiger partial charge >= 0.3 is 12.1 Å². The number of hydrogen-bond acceptors (Lipinski definition) is 4. The van der Waals surface area contributed by atoms with Crippen LogP contribution in [0.15, 0.2) is 0 Å². The minimum Gasteiger partial charge on any atom is -0.480 e. The second-order valence-corrected chi connectivity index (χ2v) is 5.84. The molecular weight excluding hydrogens is 238 g/mol. The van der Waals surface area contributed by atoms with E-state index >= 15 is 0 Å². The number of alkyl carbamates (subject to hydrolysis) is 1. The van der Waals surface area contributed by atoms with E-state index in [1.54, 1.807) is 34.6 Å². The lowest BCUT2D eigenvalue weighted by molar-refractivity contribution is -0.143. The lowest BCUT2D eigenvalue weighted by atomic mass is 9.85. The Balaban J connectivity index is 4.75. The molecule has 106 valence electrons. The van der Waals surface area contributed by atoms with E-state index in [9.17, 15) is 9.59 Å². The van der Waals surface area contributed by atoms with Gasteiger partial charge in [0.25, 0.3) is 0 Å². The van der Waals surface area contributed by atoms with Crippen molar-refractivity contribution in [2.45, 2.75) is 46.3 Å². The summed E-state index contributed by atoms with van der Waals surface area (Å²) in [6.07, 6.45) is -0.751. The van der Waals surface area contributed by atoms with Gasteiger partial charge in [0, 0.05) is 12.5 Å². The van der Waals surface area contributed by atoms with Crippen LogP contribution in [0.5, 0.6) is 0 Å². The van der Waals surface area contributed by atoms with E-state index in [-0.39, 0.29) is 6.61 Å². The molecular formula is C12H23NO5. The average molecular weight is 261 g/mol. The van der Waals surface area contributed by atoms with Crippen molar-refractivity contribution in [3.63, 3.8) is 0 Å². The fourth-order valence-electron chi connectivity index (χ4n) is 1.47. The van der Waals surface area contributed by atoms with E-state index in [2.05, 4.69) is 5.32 Å². The summed E-state index contributed by atoms with van der Waals surface area (Å²) in [5.41, 5.74) is -1.41. The van der Waals surface area contributed by atoms with E-state index in [4.69, 9.17) is 14.6 Å². The Labute approximate surface area is 108 Å². The number of carbonyl (C=O) groups is 2. The predicted molar refractivity (Wildman–Crippen MR) is 66.5 cm³/mol. The van der Waals surface area contributed by atoms with Crippen molar-refractivity contribution in [3.8, 4) is 0 Å². The molecule has 1 amide bonds. The molecule has 0 aliphatic rings. The van der Waals surface area contributed by atoms with Crippen molar-refractivity contribution in [1.82, 2.24) is 5.32 Å². The Morgan fingerprint density at radius 3 is 2.06 bits per heavy atom. The molecule has 0 saturated carbocycles. The van der Waals surface area contributed by atoms with Gasteiger partial charge in [0.1, 0.15) is 11.6 Å². The Bertz CT molecular complexity index is 306. The molecule has 0 aliphatic heterocycles. The van der Waals surface area contributed by atoms with Crippen LogP contribution in [0.2, 0.25) is 0 Å². The first-order valence-corrected chi connectivity index (χ1v) is 5.71. The van der Waals surface area contributed by atoms with E-state index in [1.165, 1.54) is 7.11 Å². The number of hydrogen-bond donors (Lipinski definition) is 2. The molecule has 0 aromatic heterocycles. The lowest BCUT2D eigenvalue weighted by Crippen LogP contribution is -2.53. The first kappa shape index (κ1) is 16.7. The van der Waals surface area contributed by atoms with E-state index in [0.29, 0.717) is 0 Å². The zero-order valence-corrected chi connectivity index (χ0v) is 11.9. The third-order valence-corrected chi connectivity index (χ3v) is 2.21. The first-order valence-electron chi connectivity index (χ1n) is 5.71. The Morgan fingerprint density at radius 1 is 1.22 bits per heavy atom. The molecule has 0 fully saturated rings. The van der Waals surface area contributed by atoms with Crippen LogP contribution in [-0.2, 0) is 14.3 Å². The Kier molecular flexibility index (Phi) is 5.60. The lowest BCUT2D eigenvalue weighted by Gasteiger charge is -2.31. The van der Waals surface area contributed by atoms with E-state index < -0.39 is 29.1 Å². The van der Waals surface area contributed by atoms with Gasteiger partial charge in [0.15, 0.2) is 0 Å². The van der Waals surface area contributed by atoms with Crippen molar-refractivity contribution in [2.24, 2.45) is 5.41 Å². The molecule has 2 N–H and O–H groups in total. The molecule has 0 aromatic carbocycles. The second kappa shape index (κ2) is 6.04. The summed E-state index contributed by atoms with van der Waals surface area (Å²) >= 11 is 0. The van der Waals surface area contributed by atoms with Gasteiger partial charge in [-0.2, -0.15) is 0 Å². The summed E-state index contributed by atoms with van der Waals surface area (Å²) in [5.74, 6) is -1.12. The summed E-state index contributed by atoms with van der Waals surface area (Å²) in [6.45, 7) is 8.74. The van der Waals surface area contributed by atoms with Crippen molar-refractivity contribution >= 4 is 12.1 Å². The van der Waals surface area contributed by atoms with Crippen molar-refractivity contribution in [2.75, 3.05) is 13.7 Å². The minimum absolute atomic E-state index is 0.208. The summed E-state index contributed by atoms with van der Waals surface area (Å²) in [5, 5.41) is 11.5. The second-order valence-electron chi connectivity index (χ2n) is 5.84. The summed E-state index contributed by atoms with van der Waals surface area (Å²) in [7, 11) is 1.48. The normalized spacial score (nSPS) is 13.9. The van der Waals surface area contributed by atoms with Crippen molar-refractivity contribution < 1.29 is 24.2 Å². The zero-order chi connectivity index (χ0) is 14.6. The molecule has 0 aromatic rings. The van der Waals surface area contributed by atoms with Crippen LogP contribution < -0.4 is 5.32 Å². The number of rotatable bonds is 5. The van der Waals surface area contributed by atoms with Crippen LogP contribution in [0.3, 0.4) is 0 Å². The predicted octanol–water partition coefficient (Wildman–Crippen LogP) is 1.64. The standard InChI is InChI=1S/C12H23NO5/c1-11(2,3)18-10(16)13-8(9(14)15)12(4,5)7-17-6/h8H,7H2,1-6H3,(H,13,16)(H,14,15)/t8-/m1/s1. The number of ether oxygens (including phenoxy) is 2. The third kappa shape index (κ3) is 5.86. The molecule has 1 atom stereocenters. The molecule has 0 aliphatic carbocycles. The third-order valence-electron chi connectivity index (χ3n) is 2.21. The Morgan fingerprint density at radius 2 is 1.72 bits per heavy atom. The number of carboxylic acid groups (broad SMARTS) is 1. The average Bonchev–Trinajstić information content (AvgIpc) is 2.10. The number of carboxylic acids is 1. The van der Waals surface area contributed by atoms with Crippen LogP contribution in [0.25, 0.3) is 0 Å². The van der Waals surface area contributed by atoms with Crippen LogP contribution in [-0.4, -0.2) is 42.5 Å². The van der Waals surface area contributed by atoms with Gasteiger partial charge in [-0.25, -0.2) is 9.59 Å². The highest BCUT2D eigenvalue weighted by Crippen LogP contribution is 2.21. The smallest absolute Gasteiger partial charge is 0.408 e. The summed E-state index contributed by atoms with van der Waals surface area (Å²) in [6, 6.07) is -1.08. The highest BCUT2D eigenvalue weighted by Gasteiger charge is 2.37. The van der Waals surface area contributed by atoms with Gasteiger partial charge in [-0.1, -0.05) is 13.8 Å². The number of methoxy groups -OCH3 is 1. The van der Waals surface area contributed by atoms with Gasteiger partial charge in [-0.3, -0.25) is 0 Å². The van der Waals surface area contributed by atoms with Gasteiger partial charge in [-0.15, -0.1) is 0 Å². The largest absolute Gasteiger partial charge is 0.480 e.